The average molecular weight is 368 g/mol. The monoisotopic (exact) mass is 368 g/mol. The predicted octanol–water partition coefficient (Wildman–Crippen LogP) is 1.59. The van der Waals surface area contributed by atoms with Crippen molar-refractivity contribution in [2.24, 2.45) is 0 Å². The number of hydrogen-bond acceptors (Lipinski definition) is 6. The summed E-state index contributed by atoms with van der Waals surface area (Å²) < 4.78 is 16.2. The molecule has 8 nitrogen and oxygen atoms in total. The third-order valence-corrected chi connectivity index (χ3v) is 4.40. The van der Waals surface area contributed by atoms with Crippen LogP contribution in [0, 0.1) is 5.82 Å². The van der Waals surface area contributed by atoms with E-state index in [1.54, 1.807) is 12.1 Å². The maximum Gasteiger partial charge on any atom is 0.283 e. The Kier molecular flexibility index (Phi) is 4.36. The summed E-state index contributed by atoms with van der Waals surface area (Å²) in [6.45, 7) is 2.28. The summed E-state index contributed by atoms with van der Waals surface area (Å²) >= 11 is 0. The molecular formula is C18H17FN6O2. The molecule has 0 aliphatic carbocycles. The van der Waals surface area contributed by atoms with Gasteiger partial charge in [0.2, 0.25) is 0 Å². The van der Waals surface area contributed by atoms with Crippen LogP contribution >= 0.6 is 0 Å². The molecule has 0 fully saturated rings. The first-order chi connectivity index (χ1) is 13.1. The highest BCUT2D eigenvalue weighted by Gasteiger charge is 2.19. The number of aliphatic hydroxyl groups is 1. The van der Waals surface area contributed by atoms with Gasteiger partial charge in [-0.1, -0.05) is 19.1 Å². The molecule has 0 saturated carbocycles. The molecule has 0 bridgehead atoms. The largest absolute Gasteiger partial charge is 0.396 e. The summed E-state index contributed by atoms with van der Waals surface area (Å²) in [5.41, 5.74) is 2.83. The molecule has 138 valence electrons. The summed E-state index contributed by atoms with van der Waals surface area (Å²) in [7, 11) is 0. The van der Waals surface area contributed by atoms with Crippen LogP contribution in [0.15, 0.2) is 35.4 Å². The van der Waals surface area contributed by atoms with E-state index in [2.05, 4.69) is 20.3 Å². The molecule has 0 amide bonds. The minimum Gasteiger partial charge on any atom is -0.396 e. The van der Waals surface area contributed by atoms with Crippen LogP contribution in [0.25, 0.3) is 27.9 Å². The van der Waals surface area contributed by atoms with Crippen LogP contribution in [-0.2, 0) is 13.0 Å². The van der Waals surface area contributed by atoms with E-state index in [1.807, 2.05) is 6.92 Å². The third-order valence-electron chi connectivity index (χ3n) is 4.40. The summed E-state index contributed by atoms with van der Waals surface area (Å²) in [6.07, 6.45) is 2.50. The maximum atomic E-state index is 13.3. The van der Waals surface area contributed by atoms with Gasteiger partial charge in [0.15, 0.2) is 16.8 Å². The van der Waals surface area contributed by atoms with Crippen molar-refractivity contribution < 1.29 is 9.50 Å². The Balaban J connectivity index is 1.97. The Bertz CT molecular complexity index is 1180. The second kappa shape index (κ2) is 6.84. The topological polar surface area (TPSA) is 98.2 Å². The average Bonchev–Trinajstić information content (AvgIpc) is 3.07. The molecule has 4 rings (SSSR count). The Morgan fingerprint density at radius 1 is 1.15 bits per heavy atom. The lowest BCUT2D eigenvalue weighted by molar-refractivity contribution is 0.279. The molecule has 1 aromatic carbocycles. The molecule has 27 heavy (non-hydrogen) atoms. The van der Waals surface area contributed by atoms with E-state index in [0.29, 0.717) is 30.7 Å². The van der Waals surface area contributed by atoms with Crippen LogP contribution in [0.1, 0.15) is 19.0 Å². The van der Waals surface area contributed by atoms with Gasteiger partial charge in [-0.15, -0.1) is 10.2 Å². The summed E-state index contributed by atoms with van der Waals surface area (Å²) in [5, 5.41) is 21.8. The Hall–Kier alpha value is -3.20. The summed E-state index contributed by atoms with van der Waals surface area (Å²) in [6, 6.07) is 6.09. The van der Waals surface area contributed by atoms with Crippen molar-refractivity contribution in [1.29, 1.82) is 0 Å². The lowest BCUT2D eigenvalue weighted by atomic mass is 10.0. The van der Waals surface area contributed by atoms with Crippen molar-refractivity contribution in [1.82, 2.24) is 29.4 Å². The van der Waals surface area contributed by atoms with Crippen LogP contribution in [0.3, 0.4) is 0 Å². The second-order valence-corrected chi connectivity index (χ2v) is 6.11. The minimum atomic E-state index is -0.334. The smallest absolute Gasteiger partial charge is 0.283 e. The zero-order valence-corrected chi connectivity index (χ0v) is 14.6. The van der Waals surface area contributed by atoms with Gasteiger partial charge >= 0.3 is 0 Å². The number of aliphatic hydroxyl groups excluding tert-OH is 1. The van der Waals surface area contributed by atoms with Crippen molar-refractivity contribution in [2.45, 2.75) is 26.3 Å². The molecule has 0 aliphatic heterocycles. The fourth-order valence-electron chi connectivity index (χ4n) is 3.06. The molecule has 3 heterocycles. The van der Waals surface area contributed by atoms with Gasteiger partial charge < -0.3 is 5.11 Å². The quantitative estimate of drug-likeness (QED) is 0.574. The van der Waals surface area contributed by atoms with Crippen molar-refractivity contribution in [3.63, 3.8) is 0 Å². The predicted molar refractivity (Wildman–Crippen MR) is 96.8 cm³/mol. The van der Waals surface area contributed by atoms with E-state index in [1.165, 1.54) is 27.5 Å². The highest BCUT2D eigenvalue weighted by Crippen LogP contribution is 2.28. The molecule has 0 spiro atoms. The number of aromatic nitrogens is 6. The van der Waals surface area contributed by atoms with Crippen LogP contribution in [0.4, 0.5) is 4.39 Å². The first-order valence-electron chi connectivity index (χ1n) is 8.64. The molecule has 9 heteroatoms. The van der Waals surface area contributed by atoms with Crippen molar-refractivity contribution in [3.05, 3.63) is 52.5 Å². The molecule has 0 atom stereocenters. The minimum absolute atomic E-state index is 0.0186. The number of rotatable bonds is 5. The Morgan fingerprint density at radius 3 is 2.63 bits per heavy atom. The van der Waals surface area contributed by atoms with E-state index >= 15 is 0 Å². The first kappa shape index (κ1) is 17.2. The van der Waals surface area contributed by atoms with E-state index in [4.69, 9.17) is 5.11 Å². The Labute approximate surface area is 152 Å². The molecule has 0 radical (unpaired) electrons. The normalized spacial score (nSPS) is 11.5. The fourth-order valence-corrected chi connectivity index (χ4v) is 3.06. The SMILES string of the molecule is CCc1nn2c(nnc3c(=O)n(CCCO)cnc32)c1-c1ccc(F)cc1. The highest BCUT2D eigenvalue weighted by atomic mass is 19.1. The van der Waals surface area contributed by atoms with Gasteiger partial charge in [0, 0.05) is 13.2 Å². The fraction of sp³-hybridized carbons (Fsp3) is 0.278. The number of nitrogens with zero attached hydrogens (tertiary/aromatic N) is 6. The number of benzene rings is 1. The molecule has 0 saturated heterocycles. The number of halogens is 1. The number of aryl methyl sites for hydroxylation is 2. The second-order valence-electron chi connectivity index (χ2n) is 6.11. The van der Waals surface area contributed by atoms with Crippen molar-refractivity contribution >= 4 is 16.8 Å². The van der Waals surface area contributed by atoms with Crippen LogP contribution in [0.2, 0.25) is 0 Å². The van der Waals surface area contributed by atoms with Gasteiger partial charge in [-0.2, -0.15) is 9.61 Å². The van der Waals surface area contributed by atoms with E-state index in [9.17, 15) is 9.18 Å². The molecule has 0 unspecified atom stereocenters. The lowest BCUT2D eigenvalue weighted by Gasteiger charge is -2.05. The zero-order chi connectivity index (χ0) is 19.0. The highest BCUT2D eigenvalue weighted by molar-refractivity contribution is 5.83. The van der Waals surface area contributed by atoms with Crippen LogP contribution in [-0.4, -0.2) is 41.1 Å². The van der Waals surface area contributed by atoms with Gasteiger partial charge in [-0.3, -0.25) is 9.36 Å². The van der Waals surface area contributed by atoms with E-state index in [0.717, 1.165) is 16.8 Å². The van der Waals surface area contributed by atoms with E-state index < -0.39 is 0 Å². The van der Waals surface area contributed by atoms with Gasteiger partial charge in [0.25, 0.3) is 5.56 Å². The molecular weight excluding hydrogens is 351 g/mol. The molecule has 4 aromatic rings. The zero-order valence-electron chi connectivity index (χ0n) is 14.6. The maximum absolute atomic E-state index is 13.3. The van der Waals surface area contributed by atoms with Crippen LogP contribution in [0.5, 0.6) is 0 Å². The number of hydrogen-bond donors (Lipinski definition) is 1. The molecule has 3 aromatic heterocycles. The van der Waals surface area contributed by atoms with Gasteiger partial charge in [-0.25, -0.2) is 9.37 Å². The molecule has 0 aliphatic rings. The molecule has 1 N–H and O–H groups in total. The standard InChI is InChI=1S/C18H17FN6O2/c1-2-13-14(11-4-6-12(19)7-5-11)16-22-21-15-17(25(16)23-13)20-10-24(18(15)27)8-3-9-26/h4-7,10,26H,2-3,8-9H2,1H3. The lowest BCUT2D eigenvalue weighted by Crippen LogP contribution is -2.23. The van der Waals surface area contributed by atoms with Gasteiger partial charge in [0.05, 0.1) is 11.3 Å². The number of fused-ring (bicyclic) bond motifs is 3. The van der Waals surface area contributed by atoms with Crippen molar-refractivity contribution in [3.8, 4) is 11.1 Å². The van der Waals surface area contributed by atoms with E-state index in [-0.39, 0.29) is 23.5 Å². The van der Waals surface area contributed by atoms with Gasteiger partial charge in [-0.05, 0) is 30.5 Å². The van der Waals surface area contributed by atoms with Crippen molar-refractivity contribution in [2.75, 3.05) is 6.61 Å². The van der Waals surface area contributed by atoms with Gasteiger partial charge in [0.1, 0.15) is 12.1 Å². The van der Waals surface area contributed by atoms with Crippen LogP contribution < -0.4 is 5.56 Å². The summed E-state index contributed by atoms with van der Waals surface area (Å²) in [4.78, 5) is 16.9. The third kappa shape index (κ3) is 2.85. The summed E-state index contributed by atoms with van der Waals surface area (Å²) in [5.74, 6) is -0.324. The Morgan fingerprint density at radius 2 is 1.93 bits per heavy atom. The first-order valence-corrected chi connectivity index (χ1v) is 8.64.